The third kappa shape index (κ3) is 8.06. The number of nitrogens with zero attached hydrogens (tertiary/aromatic N) is 1. The van der Waals surface area contributed by atoms with Gasteiger partial charge in [0.15, 0.2) is 0 Å². The lowest BCUT2D eigenvalue weighted by Gasteiger charge is -2.31. The molecule has 2 rings (SSSR count). The van der Waals surface area contributed by atoms with Gasteiger partial charge in [-0.3, -0.25) is 9.59 Å². The fourth-order valence-corrected chi connectivity index (χ4v) is 4.14. The Labute approximate surface area is 191 Å². The van der Waals surface area contributed by atoms with E-state index < -0.39 is 6.04 Å². The van der Waals surface area contributed by atoms with Gasteiger partial charge in [-0.05, 0) is 44.7 Å². The molecule has 0 radical (unpaired) electrons. The fourth-order valence-electron chi connectivity index (χ4n) is 3.27. The topological polar surface area (TPSA) is 49.4 Å². The number of aryl methyl sites for hydroxylation is 2. The van der Waals surface area contributed by atoms with Crippen molar-refractivity contribution in [1.82, 2.24) is 10.2 Å². The maximum absolute atomic E-state index is 13.2. The zero-order valence-electron chi connectivity index (χ0n) is 19.5. The second-order valence-corrected chi connectivity index (χ2v) is 9.21. The lowest BCUT2D eigenvalue weighted by Crippen LogP contribution is -2.51. The van der Waals surface area contributed by atoms with E-state index in [9.17, 15) is 9.59 Å². The van der Waals surface area contributed by atoms with E-state index in [4.69, 9.17) is 0 Å². The Morgan fingerprint density at radius 3 is 1.97 bits per heavy atom. The Morgan fingerprint density at radius 2 is 1.45 bits per heavy atom. The van der Waals surface area contributed by atoms with Crippen LogP contribution in [0.25, 0.3) is 0 Å². The molecule has 0 aliphatic heterocycles. The summed E-state index contributed by atoms with van der Waals surface area (Å²) in [5, 5.41) is 3.06. The lowest BCUT2D eigenvalue weighted by molar-refractivity contribution is -0.139. The van der Waals surface area contributed by atoms with Gasteiger partial charge in [0.05, 0.1) is 5.75 Å². The van der Waals surface area contributed by atoms with Gasteiger partial charge in [0.1, 0.15) is 6.04 Å². The van der Waals surface area contributed by atoms with Crippen LogP contribution in [0.3, 0.4) is 0 Å². The first-order valence-corrected chi connectivity index (χ1v) is 12.3. The third-order valence-electron chi connectivity index (χ3n) is 5.48. The molecule has 2 atom stereocenters. The van der Waals surface area contributed by atoms with Crippen LogP contribution in [0.2, 0.25) is 0 Å². The second-order valence-electron chi connectivity index (χ2n) is 8.23. The highest BCUT2D eigenvalue weighted by molar-refractivity contribution is 7.99. The van der Waals surface area contributed by atoms with E-state index in [1.807, 2.05) is 52.0 Å². The maximum atomic E-state index is 13.2. The average molecular weight is 441 g/mol. The fraction of sp³-hybridized carbons (Fsp3) is 0.462. The first kappa shape index (κ1) is 25.0. The van der Waals surface area contributed by atoms with E-state index in [0.717, 1.165) is 17.7 Å². The van der Waals surface area contributed by atoms with Crippen molar-refractivity contribution >= 4 is 23.6 Å². The Kier molecular flexibility index (Phi) is 10.1. The van der Waals surface area contributed by atoms with Crippen molar-refractivity contribution in [2.24, 2.45) is 0 Å². The van der Waals surface area contributed by atoms with Crippen molar-refractivity contribution in [3.63, 3.8) is 0 Å². The monoisotopic (exact) mass is 440 g/mol. The van der Waals surface area contributed by atoms with Crippen LogP contribution < -0.4 is 5.32 Å². The molecule has 0 saturated heterocycles. The van der Waals surface area contributed by atoms with Crippen LogP contribution in [0.4, 0.5) is 0 Å². The van der Waals surface area contributed by atoms with Crippen molar-refractivity contribution in [3.8, 4) is 0 Å². The largest absolute Gasteiger partial charge is 0.352 e. The Morgan fingerprint density at radius 1 is 0.903 bits per heavy atom. The number of amides is 2. The van der Waals surface area contributed by atoms with Gasteiger partial charge in [-0.1, -0.05) is 73.5 Å². The summed E-state index contributed by atoms with van der Waals surface area (Å²) in [5.74, 6) is 1.07. The predicted molar refractivity (Wildman–Crippen MR) is 131 cm³/mol. The number of nitrogens with one attached hydrogen (secondary N) is 1. The minimum atomic E-state index is -0.470. The minimum absolute atomic E-state index is 0.00355. The molecule has 0 aliphatic rings. The highest BCUT2D eigenvalue weighted by Crippen LogP contribution is 2.18. The summed E-state index contributed by atoms with van der Waals surface area (Å²) in [7, 11) is 0. The highest BCUT2D eigenvalue weighted by Gasteiger charge is 2.29. The first-order valence-electron chi connectivity index (χ1n) is 11.1. The molecule has 31 heavy (non-hydrogen) atoms. The molecule has 0 saturated carbocycles. The van der Waals surface area contributed by atoms with Gasteiger partial charge < -0.3 is 10.2 Å². The van der Waals surface area contributed by atoms with Crippen LogP contribution in [0.1, 0.15) is 55.9 Å². The van der Waals surface area contributed by atoms with Crippen LogP contribution in [-0.2, 0) is 21.9 Å². The second kappa shape index (κ2) is 12.6. The molecule has 2 unspecified atom stereocenters. The summed E-state index contributed by atoms with van der Waals surface area (Å²) in [6, 6.07) is 16.2. The molecule has 0 spiro atoms. The maximum Gasteiger partial charge on any atom is 0.243 e. The summed E-state index contributed by atoms with van der Waals surface area (Å²) in [6.45, 7) is 10.6. The van der Waals surface area contributed by atoms with Gasteiger partial charge in [0.25, 0.3) is 0 Å². The van der Waals surface area contributed by atoms with E-state index in [1.54, 1.807) is 16.7 Å². The minimum Gasteiger partial charge on any atom is -0.352 e. The number of carbonyl (C=O) groups is 2. The van der Waals surface area contributed by atoms with E-state index >= 15 is 0 Å². The Hall–Kier alpha value is -2.27. The van der Waals surface area contributed by atoms with Crippen molar-refractivity contribution < 1.29 is 9.59 Å². The predicted octanol–water partition coefficient (Wildman–Crippen LogP) is 5.26. The third-order valence-corrected chi connectivity index (χ3v) is 6.46. The number of carbonyl (C=O) groups excluding carboxylic acids is 2. The summed E-state index contributed by atoms with van der Waals surface area (Å²) in [4.78, 5) is 27.9. The molecule has 2 aromatic rings. The van der Waals surface area contributed by atoms with E-state index in [-0.39, 0.29) is 17.9 Å². The van der Waals surface area contributed by atoms with E-state index in [2.05, 4.69) is 36.5 Å². The molecule has 0 aliphatic carbocycles. The van der Waals surface area contributed by atoms with Crippen LogP contribution in [0.5, 0.6) is 0 Å². The molecular formula is C26H36N2O2S. The van der Waals surface area contributed by atoms with Crippen LogP contribution in [-0.4, -0.2) is 34.6 Å². The van der Waals surface area contributed by atoms with Gasteiger partial charge in [-0.15, -0.1) is 11.8 Å². The quantitative estimate of drug-likeness (QED) is 0.519. The van der Waals surface area contributed by atoms with Crippen molar-refractivity contribution in [2.75, 3.05) is 5.75 Å². The Bertz CT molecular complexity index is 833. The molecular weight excluding hydrogens is 404 g/mol. The average Bonchev–Trinajstić information content (AvgIpc) is 2.76. The highest BCUT2D eigenvalue weighted by atomic mass is 32.2. The summed E-state index contributed by atoms with van der Waals surface area (Å²) in [5.41, 5.74) is 4.65. The molecule has 1 N–H and O–H groups in total. The zero-order chi connectivity index (χ0) is 22.8. The Balaban J connectivity index is 2.12. The first-order chi connectivity index (χ1) is 14.8. The molecule has 5 heteroatoms. The number of benzene rings is 2. The molecule has 2 aromatic carbocycles. The number of hydrogen-bond donors (Lipinski definition) is 1. The normalized spacial score (nSPS) is 12.8. The van der Waals surface area contributed by atoms with Gasteiger partial charge in [-0.2, -0.15) is 0 Å². The molecule has 2 amide bonds. The van der Waals surface area contributed by atoms with Crippen LogP contribution >= 0.6 is 11.8 Å². The number of hydrogen-bond acceptors (Lipinski definition) is 3. The van der Waals surface area contributed by atoms with Crippen molar-refractivity contribution in [1.29, 1.82) is 0 Å². The molecule has 168 valence electrons. The molecule has 4 nitrogen and oxygen atoms in total. The van der Waals surface area contributed by atoms with Gasteiger partial charge in [0.2, 0.25) is 11.8 Å². The smallest absolute Gasteiger partial charge is 0.243 e. The zero-order valence-corrected chi connectivity index (χ0v) is 20.3. The summed E-state index contributed by atoms with van der Waals surface area (Å²) >= 11 is 1.60. The summed E-state index contributed by atoms with van der Waals surface area (Å²) in [6.07, 6.45) is 1.45. The van der Waals surface area contributed by atoms with Crippen molar-refractivity contribution in [3.05, 3.63) is 70.8 Å². The number of thioether (sulfide) groups is 1. The van der Waals surface area contributed by atoms with Crippen LogP contribution in [0.15, 0.2) is 48.5 Å². The van der Waals surface area contributed by atoms with E-state index in [0.29, 0.717) is 18.7 Å². The standard InChI is InChI=1S/C26H36N2O2S/c1-6-21(5)27-26(30)24(7-2)28(16-22-12-8-19(3)9-13-22)25(29)18-31-17-23-14-10-20(4)11-15-23/h8-15,21,24H,6-7,16-18H2,1-5H3,(H,27,30). The SMILES string of the molecule is CCC(C)NC(=O)C(CC)N(Cc1ccc(C)cc1)C(=O)CSCc1ccc(C)cc1. The van der Waals surface area contributed by atoms with E-state index in [1.165, 1.54) is 16.7 Å². The van der Waals surface area contributed by atoms with Gasteiger partial charge in [-0.25, -0.2) is 0 Å². The molecule has 0 aromatic heterocycles. The van der Waals surface area contributed by atoms with Gasteiger partial charge in [0, 0.05) is 18.3 Å². The van der Waals surface area contributed by atoms with Crippen LogP contribution in [0, 0.1) is 13.8 Å². The lowest BCUT2D eigenvalue weighted by atomic mass is 10.1. The molecule has 0 heterocycles. The molecule has 0 fully saturated rings. The molecule has 0 bridgehead atoms. The van der Waals surface area contributed by atoms with Gasteiger partial charge >= 0.3 is 0 Å². The van der Waals surface area contributed by atoms with Crippen molar-refractivity contribution in [2.45, 2.75) is 71.8 Å². The number of rotatable bonds is 11. The summed E-state index contributed by atoms with van der Waals surface area (Å²) < 4.78 is 0.